The van der Waals surface area contributed by atoms with Gasteiger partial charge in [0.05, 0.1) is 12.4 Å². The zero-order valence-electron chi connectivity index (χ0n) is 32.4. The topological polar surface area (TPSA) is 127 Å². The molecule has 3 aliphatic carbocycles. The number of aryl methyl sites for hydroxylation is 2. The van der Waals surface area contributed by atoms with E-state index in [1.807, 2.05) is 60.8 Å². The molecule has 1 unspecified atom stereocenters. The summed E-state index contributed by atoms with van der Waals surface area (Å²) in [5.74, 6) is 1.77. The first-order valence-electron chi connectivity index (χ1n) is 20.1. The number of halogens is 1. The van der Waals surface area contributed by atoms with Crippen molar-refractivity contribution in [3.05, 3.63) is 118 Å². The maximum Gasteiger partial charge on any atom is 0.329 e. The Hall–Kier alpha value is -4.12. The average Bonchev–Trinajstić information content (AvgIpc) is 3.47. The van der Waals surface area contributed by atoms with Crippen molar-refractivity contribution in [2.75, 3.05) is 30.8 Å². The molecule has 4 aromatic rings. The number of anilines is 1. The number of nitrogens with one attached hydrogen (secondary N) is 2. The number of hydrogen-bond donors (Lipinski definition) is 3. The third-order valence-electron chi connectivity index (χ3n) is 12.5. The molecular weight excluding hydrogens is 746 g/mol. The van der Waals surface area contributed by atoms with Gasteiger partial charge in [-0.25, -0.2) is 17.9 Å². The largest absolute Gasteiger partial charge is 0.493 e. The second kappa shape index (κ2) is 17.2. The second-order valence-electron chi connectivity index (χ2n) is 16.3. The first kappa shape index (κ1) is 40.1. The monoisotopic (exact) mass is 799 g/mol. The Balaban J connectivity index is 1.06. The van der Waals surface area contributed by atoms with E-state index in [0.717, 1.165) is 49.1 Å². The summed E-state index contributed by atoms with van der Waals surface area (Å²) in [6, 6.07) is 25.1. The van der Waals surface area contributed by atoms with Crippen LogP contribution in [0.5, 0.6) is 11.5 Å². The highest BCUT2D eigenvalue weighted by Gasteiger charge is 2.54. The first-order chi connectivity index (χ1) is 27.0. The fraction of sp³-hybridized carbons (Fsp3) is 0.467. The summed E-state index contributed by atoms with van der Waals surface area (Å²) in [5, 5.41) is 14.6. The number of rotatable bonds is 16. The quantitative estimate of drug-likeness (QED) is 0.0962. The van der Waals surface area contributed by atoms with Crippen LogP contribution in [-0.4, -0.2) is 55.5 Å². The van der Waals surface area contributed by atoms with E-state index in [9.17, 15) is 18.3 Å². The van der Waals surface area contributed by atoms with Crippen LogP contribution in [0.4, 0.5) is 5.69 Å². The molecule has 1 heterocycles. The molecule has 0 radical (unpaired) electrons. The minimum Gasteiger partial charge on any atom is -0.493 e. The highest BCUT2D eigenvalue weighted by molar-refractivity contribution is 7.89. The van der Waals surface area contributed by atoms with Crippen molar-refractivity contribution in [3.8, 4) is 11.5 Å². The van der Waals surface area contributed by atoms with E-state index in [1.54, 1.807) is 12.1 Å². The molecule has 0 amide bonds. The molecule has 0 aliphatic heterocycles. The van der Waals surface area contributed by atoms with Gasteiger partial charge in [0, 0.05) is 34.7 Å². The summed E-state index contributed by atoms with van der Waals surface area (Å²) < 4.78 is 40.8. The van der Waals surface area contributed by atoms with E-state index < -0.39 is 21.5 Å². The number of carboxylic acids is 1. The SMILES string of the molecule is C[C@@H](COc1ccnc2c1[C@H](C)CCC2)CC1Cc2ccc(OCCNS(=O)(=O)CCc3ccccc3)cc2C12CCC(Nc1cccc(Cl)c1)(C(=O)O)CC2. The number of ether oxygens (including phenoxy) is 2. The van der Waals surface area contributed by atoms with Gasteiger partial charge in [0.1, 0.15) is 23.6 Å². The molecule has 3 aliphatic rings. The summed E-state index contributed by atoms with van der Waals surface area (Å²) >= 11 is 6.29. The summed E-state index contributed by atoms with van der Waals surface area (Å²) in [5.41, 5.74) is 5.20. The third kappa shape index (κ3) is 9.03. The van der Waals surface area contributed by atoms with Crippen LogP contribution in [0, 0.1) is 11.8 Å². The zero-order chi connectivity index (χ0) is 39.3. The Morgan fingerprint density at radius 1 is 1.02 bits per heavy atom. The van der Waals surface area contributed by atoms with Crippen LogP contribution in [-0.2, 0) is 39.5 Å². The Morgan fingerprint density at radius 3 is 2.59 bits per heavy atom. The van der Waals surface area contributed by atoms with Crippen LogP contribution in [0.1, 0.15) is 92.7 Å². The van der Waals surface area contributed by atoms with Gasteiger partial charge >= 0.3 is 5.97 Å². The number of aromatic nitrogens is 1. The number of sulfonamides is 1. The smallest absolute Gasteiger partial charge is 0.329 e. The van der Waals surface area contributed by atoms with Crippen molar-refractivity contribution < 1.29 is 27.8 Å². The van der Waals surface area contributed by atoms with Crippen LogP contribution in [0.2, 0.25) is 5.02 Å². The van der Waals surface area contributed by atoms with Crippen LogP contribution < -0.4 is 19.5 Å². The molecule has 298 valence electrons. The molecular formula is C45H54ClN3O6S. The van der Waals surface area contributed by atoms with E-state index in [2.05, 4.69) is 41.0 Å². The van der Waals surface area contributed by atoms with Crippen LogP contribution >= 0.6 is 11.6 Å². The predicted octanol–water partition coefficient (Wildman–Crippen LogP) is 8.74. The van der Waals surface area contributed by atoms with Crippen molar-refractivity contribution in [1.29, 1.82) is 0 Å². The van der Waals surface area contributed by atoms with Crippen molar-refractivity contribution in [3.63, 3.8) is 0 Å². The minimum absolute atomic E-state index is 0.0110. The normalized spacial score (nSPS) is 23.6. The number of nitrogens with zero attached hydrogens (tertiary/aromatic N) is 1. The maximum absolute atomic E-state index is 13.0. The molecule has 3 aromatic carbocycles. The van der Waals surface area contributed by atoms with E-state index in [0.29, 0.717) is 61.1 Å². The van der Waals surface area contributed by atoms with Crippen molar-refractivity contribution in [2.24, 2.45) is 11.8 Å². The number of aliphatic carboxylic acids is 1. The molecule has 3 N–H and O–H groups in total. The van der Waals surface area contributed by atoms with Gasteiger partial charge in [0.15, 0.2) is 0 Å². The van der Waals surface area contributed by atoms with E-state index in [4.69, 9.17) is 21.1 Å². The lowest BCUT2D eigenvalue weighted by molar-refractivity contribution is -0.144. The molecule has 7 rings (SSSR count). The fourth-order valence-electron chi connectivity index (χ4n) is 9.50. The molecule has 56 heavy (non-hydrogen) atoms. The lowest BCUT2D eigenvalue weighted by atomic mass is 9.59. The van der Waals surface area contributed by atoms with Gasteiger partial charge in [0.2, 0.25) is 10.0 Å². The highest BCUT2D eigenvalue weighted by atomic mass is 35.5. The number of fused-ring (bicyclic) bond motifs is 3. The summed E-state index contributed by atoms with van der Waals surface area (Å²) in [6.45, 7) is 5.47. The predicted molar refractivity (Wildman–Crippen MR) is 222 cm³/mol. The molecule has 1 fully saturated rings. The summed E-state index contributed by atoms with van der Waals surface area (Å²) in [4.78, 5) is 17.7. The summed E-state index contributed by atoms with van der Waals surface area (Å²) in [6.07, 6.45) is 9.72. The van der Waals surface area contributed by atoms with Crippen molar-refractivity contribution in [2.45, 2.75) is 94.9 Å². The van der Waals surface area contributed by atoms with E-state index in [1.165, 1.54) is 16.7 Å². The fourth-order valence-corrected chi connectivity index (χ4v) is 10.7. The maximum atomic E-state index is 13.0. The lowest BCUT2D eigenvalue weighted by Gasteiger charge is -2.47. The molecule has 1 saturated carbocycles. The van der Waals surface area contributed by atoms with E-state index in [-0.39, 0.29) is 36.2 Å². The van der Waals surface area contributed by atoms with Crippen LogP contribution in [0.15, 0.2) is 85.1 Å². The van der Waals surface area contributed by atoms with Gasteiger partial charge in [0.25, 0.3) is 0 Å². The summed E-state index contributed by atoms with van der Waals surface area (Å²) in [7, 11) is -3.46. The molecule has 0 saturated heterocycles. The number of pyridine rings is 1. The minimum atomic E-state index is -3.46. The zero-order valence-corrected chi connectivity index (χ0v) is 34.0. The number of carboxylic acid groups (broad SMARTS) is 1. The Morgan fingerprint density at radius 2 is 1.82 bits per heavy atom. The molecule has 1 spiro atoms. The van der Waals surface area contributed by atoms with Gasteiger partial charge in [-0.1, -0.05) is 67.9 Å². The highest BCUT2D eigenvalue weighted by Crippen LogP contribution is 2.57. The number of hydrogen-bond acceptors (Lipinski definition) is 7. The van der Waals surface area contributed by atoms with Gasteiger partial charge in [-0.3, -0.25) is 4.98 Å². The molecule has 11 heteroatoms. The van der Waals surface area contributed by atoms with Gasteiger partial charge in [-0.15, -0.1) is 0 Å². The van der Waals surface area contributed by atoms with Crippen LogP contribution in [0.25, 0.3) is 0 Å². The van der Waals surface area contributed by atoms with Crippen LogP contribution in [0.3, 0.4) is 0 Å². The molecule has 0 bridgehead atoms. The first-order valence-corrected chi connectivity index (χ1v) is 22.1. The Kier molecular flexibility index (Phi) is 12.3. The molecule has 9 nitrogen and oxygen atoms in total. The van der Waals surface area contributed by atoms with Crippen molar-refractivity contribution >= 4 is 33.3 Å². The standard InChI is InChI=1S/C45H54ClN3O6S/c1-31(30-55-41-16-22-47-40-13-6-8-32(2)42(40)41)26-35-27-34-14-15-38(54-24-23-48-56(52,53)25-17-33-9-4-3-5-10-33)29-39(34)44(35)18-20-45(21-19-44,43(50)51)49-37-12-7-11-36(46)28-37/h3-5,7,9-12,14-16,22,28-29,31-32,35,48-49H,6,8,13,17-21,23-27,30H2,1-2H3,(H,50,51)/t31-,32-,35?,44?,45?/m1/s1. The average molecular weight is 800 g/mol. The Bertz CT molecular complexity index is 2100. The third-order valence-corrected chi connectivity index (χ3v) is 14.1. The number of carbonyl (C=O) groups is 1. The molecule has 3 atom stereocenters. The molecule has 1 aromatic heterocycles. The lowest BCUT2D eigenvalue weighted by Crippen LogP contribution is -2.53. The second-order valence-corrected chi connectivity index (χ2v) is 18.7. The van der Waals surface area contributed by atoms with Gasteiger partial charge in [-0.2, -0.15) is 0 Å². The van der Waals surface area contributed by atoms with Crippen molar-refractivity contribution in [1.82, 2.24) is 9.71 Å². The number of benzene rings is 3. The Labute approximate surface area is 336 Å². The van der Waals surface area contributed by atoms with Gasteiger partial charge in [-0.05, 0) is 140 Å². The van der Waals surface area contributed by atoms with Gasteiger partial charge < -0.3 is 19.9 Å². The van der Waals surface area contributed by atoms with E-state index >= 15 is 0 Å².